The third kappa shape index (κ3) is 5.13. The second-order valence-corrected chi connectivity index (χ2v) is 3.80. The minimum atomic E-state index is -4.00. The third-order valence-electron chi connectivity index (χ3n) is 2.43. The molecule has 1 nitrogen and oxygen atoms in total. The van der Waals surface area contributed by atoms with Crippen LogP contribution in [-0.2, 0) is 0 Å². The molecule has 1 aliphatic carbocycles. The maximum atomic E-state index is 11.7. The lowest BCUT2D eigenvalue weighted by atomic mass is 10.2. The molecule has 0 aliphatic heterocycles. The van der Waals surface area contributed by atoms with Gasteiger partial charge in [0, 0.05) is 12.5 Å². The molecule has 1 fully saturated rings. The average molecular weight is 195 g/mol. The summed E-state index contributed by atoms with van der Waals surface area (Å²) >= 11 is 0. The van der Waals surface area contributed by atoms with Gasteiger partial charge < -0.3 is 5.32 Å². The molecule has 13 heavy (non-hydrogen) atoms. The van der Waals surface area contributed by atoms with E-state index < -0.39 is 12.6 Å². The molecule has 0 saturated heterocycles. The van der Waals surface area contributed by atoms with E-state index in [0.29, 0.717) is 18.5 Å². The third-order valence-corrected chi connectivity index (χ3v) is 2.43. The van der Waals surface area contributed by atoms with Gasteiger partial charge in [0.25, 0.3) is 0 Å². The number of rotatable bonds is 5. The van der Waals surface area contributed by atoms with Gasteiger partial charge >= 0.3 is 6.18 Å². The molecule has 1 rings (SSSR count). The molecule has 0 spiro atoms. The molecular weight excluding hydrogens is 179 g/mol. The molecule has 1 atom stereocenters. The molecule has 0 aromatic heterocycles. The summed E-state index contributed by atoms with van der Waals surface area (Å²) in [5.41, 5.74) is 0. The van der Waals surface area contributed by atoms with Gasteiger partial charge in [-0.2, -0.15) is 13.2 Å². The Labute approximate surface area is 76.7 Å². The van der Waals surface area contributed by atoms with Crippen LogP contribution in [0.5, 0.6) is 0 Å². The van der Waals surface area contributed by atoms with Crippen LogP contribution in [0.1, 0.15) is 32.6 Å². The highest BCUT2D eigenvalue weighted by Crippen LogP contribution is 2.32. The van der Waals surface area contributed by atoms with Crippen molar-refractivity contribution in [1.82, 2.24) is 5.32 Å². The smallest absolute Gasteiger partial charge is 0.314 e. The highest BCUT2D eigenvalue weighted by atomic mass is 19.4. The van der Waals surface area contributed by atoms with Crippen molar-refractivity contribution in [3.63, 3.8) is 0 Å². The van der Waals surface area contributed by atoms with Crippen molar-refractivity contribution in [3.8, 4) is 0 Å². The Morgan fingerprint density at radius 1 is 1.38 bits per heavy atom. The van der Waals surface area contributed by atoms with Crippen LogP contribution >= 0.6 is 0 Å². The lowest BCUT2D eigenvalue weighted by Gasteiger charge is -2.12. The summed E-state index contributed by atoms with van der Waals surface area (Å²) in [4.78, 5) is 0. The van der Waals surface area contributed by atoms with Crippen LogP contribution in [0.3, 0.4) is 0 Å². The maximum Gasteiger partial charge on any atom is 0.389 e. The average Bonchev–Trinajstić information content (AvgIpc) is 2.77. The number of halogens is 3. The zero-order chi connectivity index (χ0) is 9.90. The van der Waals surface area contributed by atoms with E-state index in [-0.39, 0.29) is 6.42 Å². The second kappa shape index (κ2) is 4.31. The number of nitrogens with one attached hydrogen (secondary N) is 1. The SMILES string of the molecule is CC(NCCCC(F)(F)F)C1CC1. The number of alkyl halides is 3. The predicted molar refractivity (Wildman–Crippen MR) is 45.5 cm³/mol. The van der Waals surface area contributed by atoms with Gasteiger partial charge in [0.15, 0.2) is 0 Å². The minimum Gasteiger partial charge on any atom is -0.314 e. The maximum absolute atomic E-state index is 11.7. The van der Waals surface area contributed by atoms with Crippen molar-refractivity contribution in [2.24, 2.45) is 5.92 Å². The number of hydrogen-bond acceptors (Lipinski definition) is 1. The Morgan fingerprint density at radius 2 is 2.00 bits per heavy atom. The summed E-state index contributed by atoms with van der Waals surface area (Å²) in [5.74, 6) is 0.714. The normalized spacial score (nSPS) is 20.3. The summed E-state index contributed by atoms with van der Waals surface area (Å²) in [6.07, 6.45) is -2.01. The van der Waals surface area contributed by atoms with Crippen LogP contribution in [0.25, 0.3) is 0 Å². The van der Waals surface area contributed by atoms with E-state index in [1.54, 1.807) is 0 Å². The monoisotopic (exact) mass is 195 g/mol. The zero-order valence-electron chi connectivity index (χ0n) is 7.82. The van der Waals surface area contributed by atoms with E-state index in [9.17, 15) is 13.2 Å². The second-order valence-electron chi connectivity index (χ2n) is 3.80. The van der Waals surface area contributed by atoms with Crippen LogP contribution in [-0.4, -0.2) is 18.8 Å². The van der Waals surface area contributed by atoms with E-state index in [0.717, 1.165) is 0 Å². The Balaban J connectivity index is 1.94. The van der Waals surface area contributed by atoms with Crippen molar-refractivity contribution >= 4 is 0 Å². The summed E-state index contributed by atoms with van der Waals surface area (Å²) in [5, 5.41) is 3.12. The molecule has 0 radical (unpaired) electrons. The van der Waals surface area contributed by atoms with Crippen LogP contribution in [0.2, 0.25) is 0 Å². The summed E-state index contributed by atoms with van der Waals surface area (Å²) in [6, 6.07) is 0.397. The van der Waals surface area contributed by atoms with Gasteiger partial charge in [0.05, 0.1) is 0 Å². The molecule has 1 unspecified atom stereocenters. The zero-order valence-corrected chi connectivity index (χ0v) is 7.82. The molecule has 0 heterocycles. The van der Waals surface area contributed by atoms with E-state index in [1.807, 2.05) is 6.92 Å². The van der Waals surface area contributed by atoms with Gasteiger partial charge in [-0.3, -0.25) is 0 Å². The van der Waals surface area contributed by atoms with Crippen molar-refractivity contribution in [2.45, 2.75) is 44.8 Å². The van der Waals surface area contributed by atoms with Crippen LogP contribution < -0.4 is 5.32 Å². The van der Waals surface area contributed by atoms with E-state index in [2.05, 4.69) is 5.32 Å². The minimum absolute atomic E-state index is 0.195. The van der Waals surface area contributed by atoms with Crippen LogP contribution in [0.4, 0.5) is 13.2 Å². The summed E-state index contributed by atoms with van der Waals surface area (Å²) in [6.45, 7) is 2.53. The quantitative estimate of drug-likeness (QED) is 0.665. The Hall–Kier alpha value is -0.250. The van der Waals surface area contributed by atoms with Crippen molar-refractivity contribution in [1.29, 1.82) is 0 Å². The molecule has 0 aromatic rings. The molecule has 0 aromatic carbocycles. The van der Waals surface area contributed by atoms with E-state index in [1.165, 1.54) is 12.8 Å². The Morgan fingerprint density at radius 3 is 2.46 bits per heavy atom. The fourth-order valence-electron chi connectivity index (χ4n) is 1.38. The van der Waals surface area contributed by atoms with Gasteiger partial charge in [-0.15, -0.1) is 0 Å². The highest BCUT2D eigenvalue weighted by Gasteiger charge is 2.28. The molecule has 1 saturated carbocycles. The molecule has 1 aliphatic rings. The molecular formula is C9H16F3N. The number of hydrogen-bond donors (Lipinski definition) is 1. The van der Waals surface area contributed by atoms with Crippen LogP contribution in [0.15, 0.2) is 0 Å². The van der Waals surface area contributed by atoms with Crippen molar-refractivity contribution in [2.75, 3.05) is 6.54 Å². The summed E-state index contributed by atoms with van der Waals surface area (Å²) in [7, 11) is 0. The van der Waals surface area contributed by atoms with Gasteiger partial charge in [-0.05, 0) is 38.6 Å². The van der Waals surface area contributed by atoms with E-state index >= 15 is 0 Å². The fourth-order valence-corrected chi connectivity index (χ4v) is 1.38. The molecule has 0 bridgehead atoms. The Bertz CT molecular complexity index is 151. The highest BCUT2D eigenvalue weighted by molar-refractivity contribution is 4.82. The van der Waals surface area contributed by atoms with E-state index in [4.69, 9.17) is 0 Å². The van der Waals surface area contributed by atoms with Crippen LogP contribution in [0, 0.1) is 5.92 Å². The largest absolute Gasteiger partial charge is 0.389 e. The van der Waals surface area contributed by atoms with Gasteiger partial charge in [-0.25, -0.2) is 0 Å². The molecule has 0 amide bonds. The van der Waals surface area contributed by atoms with Gasteiger partial charge in [-0.1, -0.05) is 0 Å². The Kier molecular flexibility index (Phi) is 3.59. The first-order valence-corrected chi connectivity index (χ1v) is 4.79. The molecule has 1 N–H and O–H groups in total. The summed E-state index contributed by atoms with van der Waals surface area (Å²) < 4.78 is 35.2. The lowest BCUT2D eigenvalue weighted by Crippen LogP contribution is -2.29. The molecule has 4 heteroatoms. The fraction of sp³-hybridized carbons (Fsp3) is 1.00. The first kappa shape index (κ1) is 10.8. The topological polar surface area (TPSA) is 12.0 Å². The first-order valence-electron chi connectivity index (χ1n) is 4.79. The predicted octanol–water partition coefficient (Wildman–Crippen LogP) is 2.72. The van der Waals surface area contributed by atoms with Crippen molar-refractivity contribution < 1.29 is 13.2 Å². The van der Waals surface area contributed by atoms with Gasteiger partial charge in [0.1, 0.15) is 0 Å². The lowest BCUT2D eigenvalue weighted by molar-refractivity contribution is -0.135. The van der Waals surface area contributed by atoms with Gasteiger partial charge in [0.2, 0.25) is 0 Å². The molecule has 78 valence electrons. The first-order chi connectivity index (χ1) is 5.99. The van der Waals surface area contributed by atoms with Crippen molar-refractivity contribution in [3.05, 3.63) is 0 Å². The standard InChI is InChI=1S/C9H16F3N/c1-7(8-3-4-8)13-6-2-5-9(10,11)12/h7-8,13H,2-6H2,1H3.